The van der Waals surface area contributed by atoms with Crippen LogP contribution in [-0.4, -0.2) is 0 Å². The van der Waals surface area contributed by atoms with E-state index in [-0.39, 0.29) is 0 Å². The molecule has 0 aliphatic heterocycles. The van der Waals surface area contributed by atoms with Gasteiger partial charge >= 0.3 is 0 Å². The average molecular weight is 345 g/mol. The van der Waals surface area contributed by atoms with Crippen LogP contribution in [0.4, 0.5) is 0 Å². The van der Waals surface area contributed by atoms with Gasteiger partial charge in [0.1, 0.15) is 0 Å². The van der Waals surface area contributed by atoms with Crippen LogP contribution < -0.4 is 0 Å². The van der Waals surface area contributed by atoms with Gasteiger partial charge in [0.2, 0.25) is 0 Å². The molecule has 0 bridgehead atoms. The molecule has 0 heterocycles. The number of fused-ring (bicyclic) bond motifs is 5. The minimum atomic E-state index is 0.642. The van der Waals surface area contributed by atoms with Crippen molar-refractivity contribution in [3.8, 4) is 0 Å². The molecule has 4 rings (SSSR count). The number of rotatable bonds is 1. The van der Waals surface area contributed by atoms with Crippen LogP contribution in [0.2, 0.25) is 0 Å². The van der Waals surface area contributed by atoms with Gasteiger partial charge in [-0.3, -0.25) is 0 Å². The molecule has 0 saturated heterocycles. The second kappa shape index (κ2) is 6.27. The predicted molar refractivity (Wildman–Crippen MR) is 108 cm³/mol. The maximum atomic E-state index is 2.73. The molecular weight excluding hydrogens is 300 g/mol. The zero-order valence-corrected chi connectivity index (χ0v) is 18.0. The van der Waals surface area contributed by atoms with E-state index in [0.29, 0.717) is 10.8 Å². The van der Waals surface area contributed by atoms with Crippen LogP contribution in [0.5, 0.6) is 0 Å². The van der Waals surface area contributed by atoms with E-state index in [0.717, 1.165) is 47.3 Å². The fraction of sp³-hybridized carbons (Fsp3) is 1.00. The second-order valence-electron chi connectivity index (χ2n) is 12.0. The van der Waals surface area contributed by atoms with Crippen LogP contribution in [0.25, 0.3) is 0 Å². The molecule has 4 aliphatic carbocycles. The molecule has 4 saturated carbocycles. The molecule has 0 aromatic rings. The summed E-state index contributed by atoms with van der Waals surface area (Å²) in [5.41, 5.74) is 1.32. The van der Waals surface area contributed by atoms with Gasteiger partial charge in [-0.05, 0) is 103 Å². The summed E-state index contributed by atoms with van der Waals surface area (Å²) >= 11 is 0. The maximum absolute atomic E-state index is 2.73. The van der Waals surface area contributed by atoms with Crippen molar-refractivity contribution in [1.29, 1.82) is 0 Å². The Morgan fingerprint density at radius 1 is 0.800 bits per heavy atom. The monoisotopic (exact) mass is 344 g/mol. The van der Waals surface area contributed by atoms with Crippen molar-refractivity contribution in [1.82, 2.24) is 0 Å². The van der Waals surface area contributed by atoms with Crippen molar-refractivity contribution in [2.24, 2.45) is 58.2 Å². The van der Waals surface area contributed by atoms with Gasteiger partial charge in [0.05, 0.1) is 0 Å². The van der Waals surface area contributed by atoms with Gasteiger partial charge < -0.3 is 0 Å². The summed E-state index contributed by atoms with van der Waals surface area (Å²) in [5.74, 6) is 8.01. The van der Waals surface area contributed by atoms with Crippen molar-refractivity contribution in [2.45, 2.75) is 99.3 Å². The summed E-state index contributed by atoms with van der Waals surface area (Å²) in [4.78, 5) is 0. The lowest BCUT2D eigenvalue weighted by Crippen LogP contribution is -2.57. The van der Waals surface area contributed by atoms with Crippen LogP contribution >= 0.6 is 0 Å². The van der Waals surface area contributed by atoms with Crippen LogP contribution in [0.15, 0.2) is 0 Å². The lowest BCUT2D eigenvalue weighted by molar-refractivity contribution is -0.156. The van der Waals surface area contributed by atoms with Crippen LogP contribution in [0, 0.1) is 58.2 Å². The van der Waals surface area contributed by atoms with Crippen LogP contribution in [0.3, 0.4) is 0 Å². The SMILES string of the molecule is CC1CC[C@H](C(C)C)[C@@]2(C)CCC3[C@@H](CC[C@]4(C)C[C@@H](C)CC[C@H]34)C12. The van der Waals surface area contributed by atoms with E-state index in [1.54, 1.807) is 19.3 Å². The first kappa shape index (κ1) is 18.4. The highest BCUT2D eigenvalue weighted by atomic mass is 14.6. The summed E-state index contributed by atoms with van der Waals surface area (Å²) in [5, 5.41) is 0. The quantitative estimate of drug-likeness (QED) is 0.460. The second-order valence-corrected chi connectivity index (χ2v) is 12.0. The zero-order chi connectivity index (χ0) is 18.0. The van der Waals surface area contributed by atoms with E-state index in [1.807, 2.05) is 0 Å². The number of hydrogen-bond donors (Lipinski definition) is 0. The van der Waals surface area contributed by atoms with Gasteiger partial charge in [0, 0.05) is 0 Å². The Morgan fingerprint density at radius 3 is 2.24 bits per heavy atom. The number of hydrogen-bond acceptors (Lipinski definition) is 0. The molecule has 0 aromatic carbocycles. The average Bonchev–Trinajstić information content (AvgIpc) is 2.52. The summed E-state index contributed by atoms with van der Waals surface area (Å²) in [6, 6.07) is 0. The highest BCUT2D eigenvalue weighted by Crippen LogP contribution is 2.67. The van der Waals surface area contributed by atoms with Crippen molar-refractivity contribution < 1.29 is 0 Å². The van der Waals surface area contributed by atoms with E-state index in [4.69, 9.17) is 0 Å². The first-order chi connectivity index (χ1) is 11.8. The molecule has 9 atom stereocenters. The summed E-state index contributed by atoms with van der Waals surface area (Å²) in [6.45, 7) is 15.6. The largest absolute Gasteiger partial charge is 0.0625 e. The fourth-order valence-electron chi connectivity index (χ4n) is 9.43. The first-order valence-electron chi connectivity index (χ1n) is 11.8. The molecule has 4 fully saturated rings. The Morgan fingerprint density at radius 2 is 1.52 bits per heavy atom. The smallest absolute Gasteiger partial charge is 0.0261 e. The first-order valence-corrected chi connectivity index (χ1v) is 11.8. The van der Waals surface area contributed by atoms with E-state index >= 15 is 0 Å². The molecule has 0 N–H and O–H groups in total. The summed E-state index contributed by atoms with van der Waals surface area (Å²) in [7, 11) is 0. The highest BCUT2D eigenvalue weighted by molar-refractivity contribution is 5.08. The van der Waals surface area contributed by atoms with Gasteiger partial charge in [-0.15, -0.1) is 0 Å². The standard InChI is InChI=1S/C25H44/c1-16(2)21-10-8-18(4)23-20-11-13-24(5)15-17(3)7-9-22(24)19(20)12-14-25(21,23)6/h16-23H,7-15H2,1-6H3/t17-,18?,19?,20+,21+,22+,23?,24+,25+/m0/s1. The van der Waals surface area contributed by atoms with Gasteiger partial charge in [0.25, 0.3) is 0 Å². The Balaban J connectivity index is 1.64. The molecule has 0 amide bonds. The Labute approximate surface area is 157 Å². The Kier molecular flexibility index (Phi) is 4.61. The van der Waals surface area contributed by atoms with Crippen molar-refractivity contribution >= 4 is 0 Å². The minimum absolute atomic E-state index is 0.642. The molecular formula is C25H44. The molecule has 3 unspecified atom stereocenters. The van der Waals surface area contributed by atoms with E-state index in [2.05, 4.69) is 41.5 Å². The third-order valence-electron chi connectivity index (χ3n) is 10.2. The lowest BCUT2D eigenvalue weighted by Gasteiger charge is -2.65. The molecule has 4 aliphatic rings. The summed E-state index contributed by atoms with van der Waals surface area (Å²) < 4.78 is 0. The predicted octanol–water partition coefficient (Wildman–Crippen LogP) is 7.57. The maximum Gasteiger partial charge on any atom is -0.0261 e. The molecule has 0 aromatic heterocycles. The molecule has 0 radical (unpaired) electrons. The lowest BCUT2D eigenvalue weighted by atomic mass is 9.40. The van der Waals surface area contributed by atoms with Gasteiger partial charge in [-0.25, -0.2) is 0 Å². The molecule has 0 spiro atoms. The zero-order valence-electron chi connectivity index (χ0n) is 18.0. The van der Waals surface area contributed by atoms with E-state index in [1.165, 1.54) is 38.5 Å². The van der Waals surface area contributed by atoms with Gasteiger partial charge in [0.15, 0.2) is 0 Å². The third kappa shape index (κ3) is 2.75. The van der Waals surface area contributed by atoms with Crippen molar-refractivity contribution in [2.75, 3.05) is 0 Å². The molecule has 25 heavy (non-hydrogen) atoms. The van der Waals surface area contributed by atoms with Crippen LogP contribution in [-0.2, 0) is 0 Å². The Hall–Kier alpha value is 0. The van der Waals surface area contributed by atoms with E-state index in [9.17, 15) is 0 Å². The molecule has 144 valence electrons. The normalized spacial score (nSPS) is 56.0. The topological polar surface area (TPSA) is 0 Å². The summed E-state index contributed by atoms with van der Waals surface area (Å²) in [6.07, 6.45) is 13.8. The van der Waals surface area contributed by atoms with E-state index < -0.39 is 0 Å². The minimum Gasteiger partial charge on any atom is -0.0625 e. The van der Waals surface area contributed by atoms with Gasteiger partial charge in [-0.2, -0.15) is 0 Å². The third-order valence-corrected chi connectivity index (χ3v) is 10.2. The van der Waals surface area contributed by atoms with Crippen LogP contribution in [0.1, 0.15) is 99.3 Å². The van der Waals surface area contributed by atoms with Crippen molar-refractivity contribution in [3.63, 3.8) is 0 Å². The molecule has 0 heteroatoms. The fourth-order valence-corrected chi connectivity index (χ4v) is 9.43. The van der Waals surface area contributed by atoms with Crippen molar-refractivity contribution in [3.05, 3.63) is 0 Å². The van der Waals surface area contributed by atoms with Gasteiger partial charge in [-0.1, -0.05) is 54.4 Å². The molecule has 0 nitrogen and oxygen atoms in total. The Bertz CT molecular complexity index is 492. The highest BCUT2D eigenvalue weighted by Gasteiger charge is 2.59.